The lowest BCUT2D eigenvalue weighted by atomic mass is 10.3. The Kier molecular flexibility index (Phi) is 4.06. The van der Waals surface area contributed by atoms with Crippen LogP contribution in [0, 0.1) is 0 Å². The summed E-state index contributed by atoms with van der Waals surface area (Å²) in [6.45, 7) is 0.699. The molecular formula is C12H12BrN3O. The van der Waals surface area contributed by atoms with Crippen LogP contribution in [0.3, 0.4) is 0 Å². The number of nitrogens with zero attached hydrogens (tertiary/aromatic N) is 2. The second-order valence-electron chi connectivity index (χ2n) is 3.44. The van der Waals surface area contributed by atoms with E-state index in [1.807, 2.05) is 31.3 Å². The maximum Gasteiger partial charge on any atom is 0.237 e. The fraction of sp³-hybridized carbons (Fsp3) is 0.167. The number of nitrogens with one attached hydrogen (secondary N) is 1. The molecule has 0 bridgehead atoms. The summed E-state index contributed by atoms with van der Waals surface area (Å²) in [4.78, 5) is 8.41. The SMILES string of the molecule is CNCc1cnc(Oc2cccc(Br)c2)cn1. The topological polar surface area (TPSA) is 47.0 Å². The molecule has 1 aromatic carbocycles. The van der Waals surface area contributed by atoms with Gasteiger partial charge in [0.25, 0.3) is 0 Å². The van der Waals surface area contributed by atoms with Gasteiger partial charge in [-0.05, 0) is 25.2 Å². The Morgan fingerprint density at radius 3 is 2.82 bits per heavy atom. The molecule has 0 fully saturated rings. The third-order valence-electron chi connectivity index (χ3n) is 2.06. The van der Waals surface area contributed by atoms with Crippen molar-refractivity contribution in [2.24, 2.45) is 0 Å². The van der Waals surface area contributed by atoms with Gasteiger partial charge in [-0.25, -0.2) is 4.98 Å². The summed E-state index contributed by atoms with van der Waals surface area (Å²) in [7, 11) is 1.87. The van der Waals surface area contributed by atoms with Crippen LogP contribution in [0.25, 0.3) is 0 Å². The van der Waals surface area contributed by atoms with Crippen LogP contribution in [0.5, 0.6) is 11.6 Å². The molecule has 0 unspecified atom stereocenters. The summed E-state index contributed by atoms with van der Waals surface area (Å²) in [6, 6.07) is 7.59. The zero-order valence-electron chi connectivity index (χ0n) is 9.35. The summed E-state index contributed by atoms with van der Waals surface area (Å²) in [5, 5.41) is 3.01. The van der Waals surface area contributed by atoms with Crippen LogP contribution in [0.1, 0.15) is 5.69 Å². The van der Waals surface area contributed by atoms with Gasteiger partial charge in [-0.15, -0.1) is 0 Å². The van der Waals surface area contributed by atoms with Crippen molar-refractivity contribution >= 4 is 15.9 Å². The molecule has 88 valence electrons. The minimum atomic E-state index is 0.489. The molecule has 0 amide bonds. The quantitative estimate of drug-likeness (QED) is 0.942. The molecule has 0 saturated carbocycles. The van der Waals surface area contributed by atoms with Gasteiger partial charge in [0.2, 0.25) is 5.88 Å². The minimum absolute atomic E-state index is 0.489. The maximum atomic E-state index is 5.57. The highest BCUT2D eigenvalue weighted by Gasteiger charge is 2.00. The number of aromatic nitrogens is 2. The Labute approximate surface area is 108 Å². The van der Waals surface area contributed by atoms with E-state index in [1.165, 1.54) is 0 Å². The summed E-state index contributed by atoms with van der Waals surface area (Å²) < 4.78 is 6.54. The molecule has 0 radical (unpaired) electrons. The average molecular weight is 294 g/mol. The predicted molar refractivity (Wildman–Crippen MR) is 69.0 cm³/mol. The predicted octanol–water partition coefficient (Wildman–Crippen LogP) is 2.75. The second-order valence-corrected chi connectivity index (χ2v) is 4.35. The van der Waals surface area contributed by atoms with E-state index in [9.17, 15) is 0 Å². The van der Waals surface area contributed by atoms with Crippen molar-refractivity contribution in [1.29, 1.82) is 0 Å². The van der Waals surface area contributed by atoms with Gasteiger partial charge in [-0.2, -0.15) is 0 Å². The molecule has 1 heterocycles. The second kappa shape index (κ2) is 5.75. The Balaban J connectivity index is 2.08. The maximum absolute atomic E-state index is 5.57. The van der Waals surface area contributed by atoms with Crippen LogP contribution in [0.15, 0.2) is 41.1 Å². The zero-order chi connectivity index (χ0) is 12.1. The van der Waals surface area contributed by atoms with E-state index in [0.717, 1.165) is 15.9 Å². The fourth-order valence-electron chi connectivity index (χ4n) is 1.32. The standard InChI is InChI=1S/C12H12BrN3O/c1-14-6-10-7-16-12(8-15-10)17-11-4-2-3-9(13)5-11/h2-5,7-8,14H,6H2,1H3. The van der Waals surface area contributed by atoms with Gasteiger partial charge in [-0.1, -0.05) is 22.0 Å². The average Bonchev–Trinajstić information content (AvgIpc) is 2.32. The molecule has 4 nitrogen and oxygen atoms in total. The van der Waals surface area contributed by atoms with Gasteiger partial charge in [0.05, 0.1) is 18.1 Å². The van der Waals surface area contributed by atoms with Crippen molar-refractivity contribution in [2.45, 2.75) is 6.54 Å². The van der Waals surface area contributed by atoms with Crippen molar-refractivity contribution in [3.8, 4) is 11.6 Å². The number of ether oxygens (including phenoxy) is 1. The van der Waals surface area contributed by atoms with Crippen molar-refractivity contribution in [1.82, 2.24) is 15.3 Å². The lowest BCUT2D eigenvalue weighted by Gasteiger charge is -2.05. The number of hydrogen-bond acceptors (Lipinski definition) is 4. The molecule has 0 aliphatic carbocycles. The van der Waals surface area contributed by atoms with Gasteiger partial charge < -0.3 is 10.1 Å². The summed E-state index contributed by atoms with van der Waals surface area (Å²) in [5.74, 6) is 1.22. The highest BCUT2D eigenvalue weighted by atomic mass is 79.9. The molecule has 0 aliphatic rings. The first-order valence-corrected chi connectivity index (χ1v) is 5.96. The van der Waals surface area contributed by atoms with Crippen LogP contribution in [0.4, 0.5) is 0 Å². The molecule has 1 aromatic heterocycles. The minimum Gasteiger partial charge on any atom is -0.437 e. The number of benzene rings is 1. The zero-order valence-corrected chi connectivity index (χ0v) is 10.9. The Bertz CT molecular complexity index is 487. The van der Waals surface area contributed by atoms with Gasteiger partial charge >= 0.3 is 0 Å². The lowest BCUT2D eigenvalue weighted by molar-refractivity contribution is 0.458. The van der Waals surface area contributed by atoms with Crippen molar-refractivity contribution in [2.75, 3.05) is 7.05 Å². The molecule has 5 heteroatoms. The van der Waals surface area contributed by atoms with Gasteiger partial charge in [0.1, 0.15) is 5.75 Å². The summed E-state index contributed by atoms with van der Waals surface area (Å²) in [6.07, 6.45) is 3.32. The van der Waals surface area contributed by atoms with E-state index in [1.54, 1.807) is 12.4 Å². The Hall–Kier alpha value is -1.46. The number of rotatable bonds is 4. The summed E-state index contributed by atoms with van der Waals surface area (Å²) in [5.41, 5.74) is 0.883. The summed E-state index contributed by atoms with van der Waals surface area (Å²) >= 11 is 3.38. The first kappa shape index (κ1) is 12.0. The van der Waals surface area contributed by atoms with Gasteiger partial charge in [0.15, 0.2) is 0 Å². The lowest BCUT2D eigenvalue weighted by Crippen LogP contribution is -2.07. The first-order valence-electron chi connectivity index (χ1n) is 5.17. The third kappa shape index (κ3) is 3.51. The highest BCUT2D eigenvalue weighted by molar-refractivity contribution is 9.10. The smallest absolute Gasteiger partial charge is 0.237 e. The number of hydrogen-bond donors (Lipinski definition) is 1. The molecular weight excluding hydrogens is 282 g/mol. The molecule has 0 atom stereocenters. The molecule has 2 rings (SSSR count). The van der Waals surface area contributed by atoms with E-state index in [-0.39, 0.29) is 0 Å². The van der Waals surface area contributed by atoms with Gasteiger partial charge in [-0.3, -0.25) is 4.98 Å². The number of halogens is 1. The van der Waals surface area contributed by atoms with E-state index in [4.69, 9.17) is 4.74 Å². The van der Waals surface area contributed by atoms with Crippen molar-refractivity contribution in [3.63, 3.8) is 0 Å². The van der Waals surface area contributed by atoms with Crippen LogP contribution >= 0.6 is 15.9 Å². The Morgan fingerprint density at radius 1 is 1.29 bits per heavy atom. The monoisotopic (exact) mass is 293 g/mol. The third-order valence-corrected chi connectivity index (χ3v) is 2.55. The van der Waals surface area contributed by atoms with Crippen LogP contribution in [-0.4, -0.2) is 17.0 Å². The molecule has 1 N–H and O–H groups in total. The largest absolute Gasteiger partial charge is 0.437 e. The normalized spacial score (nSPS) is 10.2. The Morgan fingerprint density at radius 2 is 2.18 bits per heavy atom. The molecule has 2 aromatic rings. The van der Waals surface area contributed by atoms with Crippen LogP contribution in [-0.2, 0) is 6.54 Å². The van der Waals surface area contributed by atoms with Crippen molar-refractivity contribution < 1.29 is 4.74 Å². The van der Waals surface area contributed by atoms with E-state index >= 15 is 0 Å². The van der Waals surface area contributed by atoms with E-state index in [0.29, 0.717) is 12.4 Å². The fourth-order valence-corrected chi connectivity index (χ4v) is 1.70. The van der Waals surface area contributed by atoms with Gasteiger partial charge in [0, 0.05) is 11.0 Å². The van der Waals surface area contributed by atoms with E-state index < -0.39 is 0 Å². The molecule has 0 saturated heterocycles. The molecule has 0 spiro atoms. The molecule has 0 aliphatic heterocycles. The van der Waals surface area contributed by atoms with E-state index in [2.05, 4.69) is 31.2 Å². The van der Waals surface area contributed by atoms with Crippen LogP contribution in [0.2, 0.25) is 0 Å². The van der Waals surface area contributed by atoms with Crippen molar-refractivity contribution in [3.05, 3.63) is 46.8 Å². The van der Waals surface area contributed by atoms with Crippen LogP contribution < -0.4 is 10.1 Å². The first-order chi connectivity index (χ1) is 8.28. The molecule has 17 heavy (non-hydrogen) atoms. The highest BCUT2D eigenvalue weighted by Crippen LogP contribution is 2.22.